The van der Waals surface area contributed by atoms with E-state index in [1.807, 2.05) is 0 Å². The first kappa shape index (κ1) is 15.4. The first-order valence-electron chi connectivity index (χ1n) is 5.94. The second-order valence-corrected chi connectivity index (χ2v) is 5.98. The van der Waals surface area contributed by atoms with Crippen molar-refractivity contribution in [3.8, 4) is 5.75 Å². The molecule has 9 nitrogen and oxygen atoms in total. The highest BCUT2D eigenvalue weighted by Gasteiger charge is 2.45. The quantitative estimate of drug-likeness (QED) is 0.681. The molecule has 0 saturated heterocycles. The number of ether oxygens (including phenoxy) is 1. The van der Waals surface area contributed by atoms with E-state index in [0.717, 1.165) is 6.21 Å². The predicted molar refractivity (Wildman–Crippen MR) is 70.2 cm³/mol. The van der Waals surface area contributed by atoms with Gasteiger partial charge in [0.1, 0.15) is 5.41 Å². The maximum atomic E-state index is 12.1. The molecule has 0 spiro atoms. The van der Waals surface area contributed by atoms with Gasteiger partial charge in [0, 0.05) is 12.3 Å². The fourth-order valence-electron chi connectivity index (χ4n) is 1.93. The SMILES string of the molecule is CCC1(c2occc2OCP(=O)(O)O)C=NC(=O)NC1=O. The van der Waals surface area contributed by atoms with Crippen LogP contribution in [0.1, 0.15) is 19.1 Å². The molecular formula is C11H13N2O7P. The van der Waals surface area contributed by atoms with E-state index < -0.39 is 31.3 Å². The molecule has 2 heterocycles. The fraction of sp³-hybridized carbons (Fsp3) is 0.364. The number of nitrogens with one attached hydrogen (secondary N) is 1. The minimum Gasteiger partial charge on any atom is -0.477 e. The first-order chi connectivity index (χ1) is 9.78. The van der Waals surface area contributed by atoms with Gasteiger partial charge in [0.25, 0.3) is 0 Å². The third-order valence-electron chi connectivity index (χ3n) is 3.01. The van der Waals surface area contributed by atoms with Crippen LogP contribution in [0.4, 0.5) is 4.79 Å². The lowest BCUT2D eigenvalue weighted by Gasteiger charge is -2.27. The van der Waals surface area contributed by atoms with Crippen LogP contribution in [0.25, 0.3) is 0 Å². The first-order valence-corrected chi connectivity index (χ1v) is 7.74. The summed E-state index contributed by atoms with van der Waals surface area (Å²) < 4.78 is 21.1. The maximum absolute atomic E-state index is 12.1. The van der Waals surface area contributed by atoms with Crippen LogP contribution in [0.3, 0.4) is 0 Å². The molecule has 2 rings (SSSR count). The Kier molecular flexibility index (Phi) is 3.99. The summed E-state index contributed by atoms with van der Waals surface area (Å²) in [7, 11) is -4.37. The highest BCUT2D eigenvalue weighted by atomic mass is 31.2. The molecule has 0 bridgehead atoms. The molecule has 0 saturated carbocycles. The molecular weight excluding hydrogens is 303 g/mol. The van der Waals surface area contributed by atoms with Crippen LogP contribution in [0.5, 0.6) is 5.75 Å². The normalized spacial score (nSPS) is 22.2. The average Bonchev–Trinajstić information content (AvgIpc) is 2.85. The molecule has 10 heteroatoms. The molecule has 1 aliphatic rings. The number of aliphatic imine (C=N–C) groups is 1. The van der Waals surface area contributed by atoms with Crippen molar-refractivity contribution in [1.82, 2.24) is 5.32 Å². The summed E-state index contributed by atoms with van der Waals surface area (Å²) in [5, 5.41) is 2.06. The molecule has 1 unspecified atom stereocenters. The number of carbonyl (C=O) groups is 2. The lowest BCUT2D eigenvalue weighted by atomic mass is 9.81. The van der Waals surface area contributed by atoms with Crippen LogP contribution < -0.4 is 10.1 Å². The maximum Gasteiger partial charge on any atom is 0.362 e. The van der Waals surface area contributed by atoms with E-state index in [0.29, 0.717) is 0 Å². The van der Waals surface area contributed by atoms with Crippen molar-refractivity contribution in [2.75, 3.05) is 6.35 Å². The van der Waals surface area contributed by atoms with E-state index in [2.05, 4.69) is 10.3 Å². The van der Waals surface area contributed by atoms with Gasteiger partial charge in [-0.2, -0.15) is 0 Å². The minimum atomic E-state index is -4.37. The highest BCUT2D eigenvalue weighted by Crippen LogP contribution is 2.39. The van der Waals surface area contributed by atoms with Gasteiger partial charge in [0.05, 0.1) is 6.26 Å². The van der Waals surface area contributed by atoms with E-state index >= 15 is 0 Å². The molecule has 114 valence electrons. The van der Waals surface area contributed by atoms with Gasteiger partial charge in [-0.25, -0.2) is 9.79 Å². The van der Waals surface area contributed by atoms with Crippen molar-refractivity contribution in [2.24, 2.45) is 4.99 Å². The number of urea groups is 1. The molecule has 1 aromatic heterocycles. The van der Waals surface area contributed by atoms with Crippen molar-refractivity contribution in [3.63, 3.8) is 0 Å². The fourth-order valence-corrected chi connectivity index (χ4v) is 2.24. The van der Waals surface area contributed by atoms with Gasteiger partial charge in [0.15, 0.2) is 17.9 Å². The zero-order valence-electron chi connectivity index (χ0n) is 11.0. The topological polar surface area (TPSA) is 138 Å². The summed E-state index contributed by atoms with van der Waals surface area (Å²) in [5.74, 6) is -0.593. The molecule has 21 heavy (non-hydrogen) atoms. The zero-order chi connectivity index (χ0) is 15.7. The molecule has 1 atom stereocenters. The molecule has 3 N–H and O–H groups in total. The van der Waals surface area contributed by atoms with E-state index in [-0.39, 0.29) is 17.9 Å². The molecule has 0 aliphatic carbocycles. The Labute approximate surface area is 119 Å². The van der Waals surface area contributed by atoms with Crippen LogP contribution in [0.15, 0.2) is 21.7 Å². The summed E-state index contributed by atoms with van der Waals surface area (Å²) in [6.45, 7) is 1.68. The third-order valence-corrected chi connectivity index (χ3v) is 3.47. The monoisotopic (exact) mass is 316 g/mol. The summed E-state index contributed by atoms with van der Waals surface area (Å²) in [6.07, 6.45) is 1.74. The van der Waals surface area contributed by atoms with Crippen molar-refractivity contribution in [1.29, 1.82) is 0 Å². The Morgan fingerprint density at radius 2 is 2.19 bits per heavy atom. The molecule has 3 amide bonds. The Morgan fingerprint density at radius 1 is 1.48 bits per heavy atom. The van der Waals surface area contributed by atoms with Crippen molar-refractivity contribution < 1.29 is 33.1 Å². The van der Waals surface area contributed by atoms with Gasteiger partial charge in [-0.3, -0.25) is 14.7 Å². The molecule has 0 aromatic carbocycles. The minimum absolute atomic E-state index is 0.0103. The standard InChI is InChI=1S/C11H13N2O7P/c1-2-11(5-12-10(15)13-9(11)14)8-7(3-4-19-8)20-6-21(16,17)18/h3-5H,2,6H2,1H3,(H,13,14,15)(H2,16,17,18). The smallest absolute Gasteiger partial charge is 0.362 e. The number of imide groups is 1. The van der Waals surface area contributed by atoms with Crippen LogP contribution in [-0.4, -0.2) is 34.3 Å². The van der Waals surface area contributed by atoms with Crippen LogP contribution in [0, 0.1) is 0 Å². The number of nitrogens with zero attached hydrogens (tertiary/aromatic N) is 1. The highest BCUT2D eigenvalue weighted by molar-refractivity contribution is 7.51. The molecule has 0 fully saturated rings. The Hall–Kier alpha value is -1.96. The third kappa shape index (κ3) is 3.05. The summed E-state index contributed by atoms with van der Waals surface area (Å²) >= 11 is 0. The van der Waals surface area contributed by atoms with Crippen LogP contribution in [0.2, 0.25) is 0 Å². The van der Waals surface area contributed by atoms with Gasteiger partial charge >= 0.3 is 13.6 Å². The van der Waals surface area contributed by atoms with E-state index in [4.69, 9.17) is 18.9 Å². The number of furan rings is 1. The van der Waals surface area contributed by atoms with Gasteiger partial charge < -0.3 is 18.9 Å². The largest absolute Gasteiger partial charge is 0.477 e. The number of hydrogen-bond acceptors (Lipinski definition) is 5. The van der Waals surface area contributed by atoms with E-state index in [1.165, 1.54) is 12.3 Å². The van der Waals surface area contributed by atoms with Gasteiger partial charge in [-0.05, 0) is 6.42 Å². The van der Waals surface area contributed by atoms with Crippen molar-refractivity contribution in [3.05, 3.63) is 18.1 Å². The Bertz CT molecular complexity index is 647. The van der Waals surface area contributed by atoms with Gasteiger partial charge in [-0.1, -0.05) is 6.92 Å². The van der Waals surface area contributed by atoms with Gasteiger partial charge in [-0.15, -0.1) is 0 Å². The second-order valence-electron chi connectivity index (χ2n) is 4.39. The van der Waals surface area contributed by atoms with E-state index in [9.17, 15) is 14.2 Å². The number of hydrogen-bond donors (Lipinski definition) is 3. The average molecular weight is 316 g/mol. The van der Waals surface area contributed by atoms with Crippen LogP contribution >= 0.6 is 7.60 Å². The summed E-state index contributed by atoms with van der Waals surface area (Å²) in [6, 6.07) is 0.549. The Morgan fingerprint density at radius 3 is 2.76 bits per heavy atom. The lowest BCUT2D eigenvalue weighted by molar-refractivity contribution is -0.124. The summed E-state index contributed by atoms with van der Waals surface area (Å²) in [4.78, 5) is 44.4. The van der Waals surface area contributed by atoms with Crippen molar-refractivity contribution in [2.45, 2.75) is 18.8 Å². The molecule has 1 aromatic rings. The second kappa shape index (κ2) is 5.44. The number of amides is 3. The lowest BCUT2D eigenvalue weighted by Crippen LogP contribution is -2.50. The van der Waals surface area contributed by atoms with Gasteiger partial charge in [0.2, 0.25) is 5.91 Å². The van der Waals surface area contributed by atoms with Crippen LogP contribution in [-0.2, 0) is 14.8 Å². The molecule has 0 radical (unpaired) electrons. The molecule has 1 aliphatic heterocycles. The zero-order valence-corrected chi connectivity index (χ0v) is 11.9. The summed E-state index contributed by atoms with van der Waals surface area (Å²) in [5.41, 5.74) is -1.36. The Balaban J connectivity index is 2.38. The van der Waals surface area contributed by atoms with Crippen molar-refractivity contribution >= 4 is 25.7 Å². The van der Waals surface area contributed by atoms with E-state index in [1.54, 1.807) is 6.92 Å². The predicted octanol–water partition coefficient (Wildman–Crippen LogP) is 0.762. The number of rotatable bonds is 5. The number of carbonyl (C=O) groups excluding carboxylic acids is 2.